The molecule has 0 aliphatic carbocycles. The first-order valence-corrected chi connectivity index (χ1v) is 11.8. The number of hydrogen-bond donors (Lipinski definition) is 1. The molecule has 0 atom stereocenters. The van der Waals surface area contributed by atoms with Gasteiger partial charge in [-0.25, -0.2) is 14.5 Å². The lowest BCUT2D eigenvalue weighted by molar-refractivity contribution is 0.0519. The fourth-order valence-corrected chi connectivity index (χ4v) is 4.56. The number of hydrogen-bond acceptors (Lipinski definition) is 7. The van der Waals surface area contributed by atoms with Gasteiger partial charge in [0.25, 0.3) is 5.91 Å². The molecule has 0 saturated heterocycles. The van der Waals surface area contributed by atoms with Crippen molar-refractivity contribution in [2.75, 3.05) is 11.9 Å². The lowest BCUT2D eigenvalue weighted by Crippen LogP contribution is -2.13. The number of nitrogens with one attached hydrogen (secondary N) is 1. The summed E-state index contributed by atoms with van der Waals surface area (Å²) in [4.78, 5) is 30.0. The van der Waals surface area contributed by atoms with E-state index in [0.717, 1.165) is 10.6 Å². The van der Waals surface area contributed by atoms with E-state index in [9.17, 15) is 9.59 Å². The zero-order chi connectivity index (χ0) is 22.3. The third-order valence-corrected chi connectivity index (χ3v) is 6.18. The molecule has 0 unspecified atom stereocenters. The predicted molar refractivity (Wildman–Crippen MR) is 126 cm³/mol. The lowest BCUT2D eigenvalue weighted by Gasteiger charge is -2.11. The van der Waals surface area contributed by atoms with Gasteiger partial charge < -0.3 is 10.1 Å². The molecular weight excluding hydrogens is 444 g/mol. The number of thioether (sulfide) groups is 1. The van der Waals surface area contributed by atoms with Crippen LogP contribution in [0.1, 0.15) is 33.5 Å². The molecule has 2 aromatic heterocycles. The Kier molecular flexibility index (Phi) is 6.98. The number of carbonyl (C=O) groups is 2. The Morgan fingerprint density at radius 2 is 2.03 bits per heavy atom. The Morgan fingerprint density at radius 3 is 2.84 bits per heavy atom. The molecular formula is C23H20N4O3S2. The van der Waals surface area contributed by atoms with E-state index in [1.165, 1.54) is 0 Å². The van der Waals surface area contributed by atoms with Gasteiger partial charge in [0, 0.05) is 27.9 Å². The number of benzene rings is 2. The van der Waals surface area contributed by atoms with Gasteiger partial charge >= 0.3 is 5.97 Å². The van der Waals surface area contributed by atoms with E-state index in [2.05, 4.69) is 15.4 Å². The summed E-state index contributed by atoms with van der Waals surface area (Å²) in [7, 11) is 0. The number of anilines is 1. The molecule has 2 heterocycles. The fourth-order valence-electron chi connectivity index (χ4n) is 2.95. The van der Waals surface area contributed by atoms with Crippen LogP contribution in [0.4, 0.5) is 5.69 Å². The minimum absolute atomic E-state index is 0.198. The summed E-state index contributed by atoms with van der Waals surface area (Å²) in [5.41, 5.74) is 4.96. The minimum Gasteiger partial charge on any atom is -0.461 e. The number of amides is 1. The third-order valence-electron chi connectivity index (χ3n) is 4.43. The molecule has 0 bridgehead atoms. The molecule has 0 saturated carbocycles. The molecule has 162 valence electrons. The van der Waals surface area contributed by atoms with Crippen molar-refractivity contribution < 1.29 is 14.3 Å². The summed E-state index contributed by atoms with van der Waals surface area (Å²) in [6.07, 6.45) is 1.68. The highest BCUT2D eigenvalue weighted by Crippen LogP contribution is 2.27. The van der Waals surface area contributed by atoms with Crippen LogP contribution in [0.15, 0.2) is 76.6 Å². The van der Waals surface area contributed by atoms with Crippen molar-refractivity contribution in [1.82, 2.24) is 14.8 Å². The van der Waals surface area contributed by atoms with Crippen molar-refractivity contribution in [1.29, 1.82) is 0 Å². The van der Waals surface area contributed by atoms with Gasteiger partial charge in [-0.05, 0) is 43.3 Å². The Bertz CT molecular complexity index is 1220. The van der Waals surface area contributed by atoms with Crippen molar-refractivity contribution in [2.45, 2.75) is 17.6 Å². The van der Waals surface area contributed by atoms with Gasteiger partial charge in [-0.15, -0.1) is 23.1 Å². The van der Waals surface area contributed by atoms with Gasteiger partial charge in [-0.1, -0.05) is 18.2 Å². The Balaban J connectivity index is 1.48. The Hall–Kier alpha value is -3.43. The maximum absolute atomic E-state index is 13.0. The quantitative estimate of drug-likeness (QED) is 0.290. The van der Waals surface area contributed by atoms with Crippen LogP contribution in [0.25, 0.3) is 5.69 Å². The van der Waals surface area contributed by atoms with E-state index in [1.807, 2.05) is 47.8 Å². The smallest absolute Gasteiger partial charge is 0.358 e. The van der Waals surface area contributed by atoms with E-state index < -0.39 is 5.97 Å². The monoisotopic (exact) mass is 464 g/mol. The molecule has 0 radical (unpaired) electrons. The molecule has 0 aliphatic heterocycles. The summed E-state index contributed by atoms with van der Waals surface area (Å²) in [6, 6.07) is 16.4. The van der Waals surface area contributed by atoms with Crippen LogP contribution in [0.2, 0.25) is 0 Å². The first-order chi connectivity index (χ1) is 15.6. The molecule has 4 rings (SSSR count). The molecule has 4 aromatic rings. The molecule has 9 heteroatoms. The maximum Gasteiger partial charge on any atom is 0.358 e. The largest absolute Gasteiger partial charge is 0.461 e. The fraction of sp³-hybridized carbons (Fsp3) is 0.130. The molecule has 1 amide bonds. The number of carbonyl (C=O) groups excluding carboxylic acids is 2. The van der Waals surface area contributed by atoms with Crippen LogP contribution in [0.3, 0.4) is 0 Å². The highest BCUT2D eigenvalue weighted by atomic mass is 32.2. The van der Waals surface area contributed by atoms with Gasteiger partial charge in [0.1, 0.15) is 0 Å². The topological polar surface area (TPSA) is 86.1 Å². The second-order valence-corrected chi connectivity index (χ2v) is 8.37. The van der Waals surface area contributed by atoms with Gasteiger partial charge in [0.05, 0.1) is 29.1 Å². The van der Waals surface area contributed by atoms with E-state index in [1.54, 1.807) is 58.5 Å². The summed E-state index contributed by atoms with van der Waals surface area (Å²) >= 11 is 3.13. The normalized spacial score (nSPS) is 10.7. The van der Waals surface area contributed by atoms with Gasteiger partial charge in [0.2, 0.25) is 0 Å². The highest BCUT2D eigenvalue weighted by Gasteiger charge is 2.14. The molecule has 0 aliphatic rings. The van der Waals surface area contributed by atoms with Gasteiger partial charge in [-0.2, -0.15) is 5.10 Å². The maximum atomic E-state index is 13.0. The summed E-state index contributed by atoms with van der Waals surface area (Å²) < 4.78 is 6.55. The summed E-state index contributed by atoms with van der Waals surface area (Å²) in [5.74, 6) is 0.0319. The van der Waals surface area contributed by atoms with Gasteiger partial charge in [0.15, 0.2) is 5.69 Å². The van der Waals surface area contributed by atoms with Crippen molar-refractivity contribution >= 4 is 40.7 Å². The molecule has 7 nitrogen and oxygen atoms in total. The summed E-state index contributed by atoms with van der Waals surface area (Å²) in [5, 5.41) is 9.22. The first kappa shape index (κ1) is 21.8. The second-order valence-electron chi connectivity index (χ2n) is 6.64. The van der Waals surface area contributed by atoms with Gasteiger partial charge in [-0.3, -0.25) is 4.79 Å². The van der Waals surface area contributed by atoms with Crippen molar-refractivity contribution in [3.8, 4) is 5.69 Å². The van der Waals surface area contributed by atoms with Crippen LogP contribution in [0.5, 0.6) is 0 Å². The average Bonchev–Trinajstić information content (AvgIpc) is 3.51. The standard InChI is InChI=1S/C23H20N4O3S2/c1-2-30-23(29)20-10-11-27(26-20)18-7-5-6-16(12-18)25-22(28)19-8-3-4-9-21(19)32-14-17-13-31-15-24-17/h3-13,15H,2,14H2,1H3,(H,25,28). The predicted octanol–water partition coefficient (Wildman–Crippen LogP) is 5.05. The third kappa shape index (κ3) is 5.24. The molecule has 0 spiro atoms. The average molecular weight is 465 g/mol. The second kappa shape index (κ2) is 10.3. The molecule has 0 fully saturated rings. The minimum atomic E-state index is -0.470. The molecule has 2 aromatic carbocycles. The van der Waals surface area contributed by atoms with Crippen LogP contribution in [-0.4, -0.2) is 33.2 Å². The van der Waals surface area contributed by atoms with Crippen LogP contribution in [-0.2, 0) is 10.5 Å². The number of aromatic nitrogens is 3. The molecule has 1 N–H and O–H groups in total. The SMILES string of the molecule is CCOC(=O)c1ccn(-c2cccc(NC(=O)c3ccccc3SCc3cscn3)c2)n1. The first-order valence-electron chi connectivity index (χ1n) is 9.87. The number of ether oxygens (including phenoxy) is 1. The van der Waals surface area contributed by atoms with Crippen molar-refractivity contribution in [2.24, 2.45) is 0 Å². The number of thiazole rings is 1. The lowest BCUT2D eigenvalue weighted by atomic mass is 10.2. The van der Waals surface area contributed by atoms with Crippen LogP contribution >= 0.6 is 23.1 Å². The van der Waals surface area contributed by atoms with E-state index in [0.29, 0.717) is 22.7 Å². The van der Waals surface area contributed by atoms with E-state index in [4.69, 9.17) is 4.74 Å². The van der Waals surface area contributed by atoms with Crippen molar-refractivity contribution in [3.05, 3.63) is 88.6 Å². The Morgan fingerprint density at radius 1 is 1.16 bits per heavy atom. The number of esters is 1. The zero-order valence-electron chi connectivity index (χ0n) is 17.2. The zero-order valence-corrected chi connectivity index (χ0v) is 18.9. The highest BCUT2D eigenvalue weighted by molar-refractivity contribution is 7.98. The van der Waals surface area contributed by atoms with E-state index in [-0.39, 0.29) is 18.2 Å². The van der Waals surface area contributed by atoms with E-state index >= 15 is 0 Å². The number of nitrogens with zero attached hydrogens (tertiary/aromatic N) is 3. The number of rotatable bonds is 8. The summed E-state index contributed by atoms with van der Waals surface area (Å²) in [6.45, 7) is 2.04. The molecule has 32 heavy (non-hydrogen) atoms. The van der Waals surface area contributed by atoms with Crippen LogP contribution in [0, 0.1) is 0 Å². The van der Waals surface area contributed by atoms with Crippen molar-refractivity contribution in [3.63, 3.8) is 0 Å². The van der Waals surface area contributed by atoms with Crippen LogP contribution < -0.4 is 5.32 Å². The Labute approximate surface area is 193 Å².